The minimum atomic E-state index is -0.396. The smallest absolute Gasteiger partial charge is 0.409 e. The molecule has 1 heterocycles. The van der Waals surface area contributed by atoms with E-state index in [1.807, 2.05) is 6.92 Å². The first-order chi connectivity index (χ1) is 6.53. The summed E-state index contributed by atoms with van der Waals surface area (Å²) in [7, 11) is 0. The quantitative estimate of drug-likeness (QED) is 0.649. The molecule has 3 N–H and O–H groups in total. The van der Waals surface area contributed by atoms with Crippen LogP contribution in [0.5, 0.6) is 0 Å². The van der Waals surface area contributed by atoms with Crippen LogP contribution in [0.1, 0.15) is 13.8 Å². The predicted octanol–water partition coefficient (Wildman–Crippen LogP) is -0.216. The second-order valence-corrected chi connectivity index (χ2v) is 4.00. The Kier molecular flexibility index (Phi) is 3.34. The number of aliphatic hydroxyl groups is 1. The Hall–Kier alpha value is -0.810. The van der Waals surface area contributed by atoms with Gasteiger partial charge in [0, 0.05) is 24.5 Å². The van der Waals surface area contributed by atoms with Gasteiger partial charge in [0.2, 0.25) is 0 Å². The summed E-state index contributed by atoms with van der Waals surface area (Å²) in [6, 6.07) is -0.183. The third-order valence-corrected chi connectivity index (χ3v) is 2.75. The summed E-state index contributed by atoms with van der Waals surface area (Å²) in [5, 5.41) is 9.17. The standard InChI is InChI=1S/C9H18N2O3/c1-3-14-8(13)11-4-7(10)9(2,5-11)6-12/h7,12H,3-6,10H2,1-2H3/t7-,9-/m1/s1. The maximum Gasteiger partial charge on any atom is 0.409 e. The fraction of sp³-hybridized carbons (Fsp3) is 0.889. The summed E-state index contributed by atoms with van der Waals surface area (Å²) < 4.78 is 4.86. The molecule has 2 atom stereocenters. The molecule has 0 aromatic carbocycles. The van der Waals surface area contributed by atoms with Crippen molar-refractivity contribution < 1.29 is 14.6 Å². The van der Waals surface area contributed by atoms with Gasteiger partial charge in [0.1, 0.15) is 0 Å². The summed E-state index contributed by atoms with van der Waals surface area (Å²) in [6.07, 6.45) is -0.347. The van der Waals surface area contributed by atoms with Crippen molar-refractivity contribution in [2.75, 3.05) is 26.3 Å². The van der Waals surface area contributed by atoms with Gasteiger partial charge in [0.05, 0.1) is 13.2 Å². The Morgan fingerprint density at radius 3 is 2.86 bits per heavy atom. The first-order valence-electron chi connectivity index (χ1n) is 4.81. The Labute approximate surface area is 83.8 Å². The molecular formula is C9H18N2O3. The second kappa shape index (κ2) is 4.14. The number of likely N-dealkylation sites (tertiary alicyclic amines) is 1. The molecule has 0 aromatic heterocycles. The molecule has 0 spiro atoms. The molecule has 0 aromatic rings. The number of nitrogens with two attached hydrogens (primary N) is 1. The lowest BCUT2D eigenvalue weighted by atomic mass is 9.87. The third kappa shape index (κ3) is 1.99. The van der Waals surface area contributed by atoms with Gasteiger partial charge in [-0.15, -0.1) is 0 Å². The minimum Gasteiger partial charge on any atom is -0.450 e. The van der Waals surface area contributed by atoms with Crippen LogP contribution >= 0.6 is 0 Å². The lowest BCUT2D eigenvalue weighted by Crippen LogP contribution is -2.40. The van der Waals surface area contributed by atoms with Crippen molar-refractivity contribution in [2.45, 2.75) is 19.9 Å². The van der Waals surface area contributed by atoms with Crippen LogP contribution in [0.4, 0.5) is 4.79 Å². The molecule has 0 radical (unpaired) electrons. The molecule has 1 aliphatic heterocycles. The van der Waals surface area contributed by atoms with E-state index in [9.17, 15) is 4.79 Å². The minimum absolute atomic E-state index is 0.00985. The highest BCUT2D eigenvalue weighted by molar-refractivity contribution is 5.68. The number of hydrogen-bond donors (Lipinski definition) is 2. The van der Waals surface area contributed by atoms with Gasteiger partial charge >= 0.3 is 6.09 Å². The SMILES string of the molecule is CCOC(=O)N1C[C@@H](N)[C@@](C)(CO)C1. The van der Waals surface area contributed by atoms with Crippen molar-refractivity contribution >= 4 is 6.09 Å². The molecule has 1 rings (SSSR count). The van der Waals surface area contributed by atoms with E-state index in [0.717, 1.165) is 0 Å². The van der Waals surface area contributed by atoms with Gasteiger partial charge in [0.15, 0.2) is 0 Å². The Balaban J connectivity index is 2.58. The van der Waals surface area contributed by atoms with E-state index in [2.05, 4.69) is 0 Å². The van der Waals surface area contributed by atoms with Crippen LogP contribution in [0.15, 0.2) is 0 Å². The summed E-state index contributed by atoms with van der Waals surface area (Å²) in [5.41, 5.74) is 5.44. The highest BCUT2D eigenvalue weighted by atomic mass is 16.6. The topological polar surface area (TPSA) is 75.8 Å². The fourth-order valence-electron chi connectivity index (χ4n) is 1.60. The van der Waals surface area contributed by atoms with Gasteiger partial charge in [-0.1, -0.05) is 6.92 Å². The normalized spacial score (nSPS) is 32.0. The number of carbonyl (C=O) groups excluding carboxylic acids is 1. The van der Waals surface area contributed by atoms with Crippen molar-refractivity contribution in [1.82, 2.24) is 4.90 Å². The molecule has 1 saturated heterocycles. The molecule has 1 fully saturated rings. The van der Waals surface area contributed by atoms with Crippen molar-refractivity contribution in [3.05, 3.63) is 0 Å². The molecule has 1 aliphatic rings. The van der Waals surface area contributed by atoms with Crippen LogP contribution in [0.2, 0.25) is 0 Å². The van der Waals surface area contributed by atoms with Gasteiger partial charge in [-0.3, -0.25) is 0 Å². The van der Waals surface area contributed by atoms with E-state index >= 15 is 0 Å². The number of amides is 1. The number of nitrogens with zero attached hydrogens (tertiary/aromatic N) is 1. The third-order valence-electron chi connectivity index (χ3n) is 2.75. The van der Waals surface area contributed by atoms with Gasteiger partial charge in [-0.05, 0) is 6.92 Å². The Morgan fingerprint density at radius 2 is 2.43 bits per heavy atom. The van der Waals surface area contributed by atoms with Crippen LogP contribution in [0.25, 0.3) is 0 Å². The van der Waals surface area contributed by atoms with Crippen LogP contribution in [0, 0.1) is 5.41 Å². The first kappa shape index (κ1) is 11.3. The average molecular weight is 202 g/mol. The van der Waals surface area contributed by atoms with Crippen LogP contribution in [-0.4, -0.2) is 48.4 Å². The molecule has 5 heteroatoms. The number of ether oxygens (including phenoxy) is 1. The molecular weight excluding hydrogens is 184 g/mol. The van der Waals surface area contributed by atoms with Gasteiger partial charge < -0.3 is 20.5 Å². The molecule has 0 unspecified atom stereocenters. The van der Waals surface area contributed by atoms with Gasteiger partial charge in [0.25, 0.3) is 0 Å². The summed E-state index contributed by atoms with van der Waals surface area (Å²) in [6.45, 7) is 4.90. The maximum absolute atomic E-state index is 11.4. The summed E-state index contributed by atoms with van der Waals surface area (Å²) >= 11 is 0. The summed E-state index contributed by atoms with van der Waals surface area (Å²) in [5.74, 6) is 0. The number of carbonyl (C=O) groups is 1. The predicted molar refractivity (Wildman–Crippen MR) is 51.8 cm³/mol. The van der Waals surface area contributed by atoms with Gasteiger partial charge in [-0.25, -0.2) is 4.79 Å². The van der Waals surface area contributed by atoms with E-state index in [4.69, 9.17) is 15.6 Å². The molecule has 14 heavy (non-hydrogen) atoms. The monoisotopic (exact) mass is 202 g/mol. The van der Waals surface area contributed by atoms with Crippen LogP contribution in [-0.2, 0) is 4.74 Å². The zero-order valence-corrected chi connectivity index (χ0v) is 8.69. The fourth-order valence-corrected chi connectivity index (χ4v) is 1.60. The zero-order valence-electron chi connectivity index (χ0n) is 8.69. The molecule has 0 bridgehead atoms. The maximum atomic E-state index is 11.4. The first-order valence-corrected chi connectivity index (χ1v) is 4.81. The Morgan fingerprint density at radius 1 is 1.79 bits per heavy atom. The van der Waals surface area contributed by atoms with Crippen LogP contribution in [0.3, 0.4) is 0 Å². The zero-order chi connectivity index (χ0) is 10.8. The van der Waals surface area contributed by atoms with Crippen molar-refractivity contribution in [3.63, 3.8) is 0 Å². The lowest BCUT2D eigenvalue weighted by molar-refractivity contribution is 0.102. The van der Waals surface area contributed by atoms with E-state index in [-0.39, 0.29) is 18.7 Å². The lowest BCUT2D eigenvalue weighted by Gasteiger charge is -2.24. The average Bonchev–Trinajstić information content (AvgIpc) is 2.45. The largest absolute Gasteiger partial charge is 0.450 e. The van der Waals surface area contributed by atoms with E-state index in [1.54, 1.807) is 11.8 Å². The number of aliphatic hydroxyl groups excluding tert-OH is 1. The molecule has 0 aliphatic carbocycles. The second-order valence-electron chi connectivity index (χ2n) is 4.00. The highest BCUT2D eigenvalue weighted by Crippen LogP contribution is 2.28. The van der Waals surface area contributed by atoms with Gasteiger partial charge in [-0.2, -0.15) is 0 Å². The molecule has 1 amide bonds. The molecule has 0 saturated carbocycles. The number of hydrogen-bond acceptors (Lipinski definition) is 4. The van der Waals surface area contributed by atoms with E-state index < -0.39 is 5.41 Å². The van der Waals surface area contributed by atoms with Crippen molar-refractivity contribution in [1.29, 1.82) is 0 Å². The van der Waals surface area contributed by atoms with Crippen molar-refractivity contribution in [3.8, 4) is 0 Å². The molecule has 5 nitrogen and oxygen atoms in total. The van der Waals surface area contributed by atoms with Crippen molar-refractivity contribution in [2.24, 2.45) is 11.1 Å². The van der Waals surface area contributed by atoms with Crippen LogP contribution < -0.4 is 5.73 Å². The Bertz CT molecular complexity index is 222. The highest BCUT2D eigenvalue weighted by Gasteiger charge is 2.42. The van der Waals surface area contributed by atoms with E-state index in [0.29, 0.717) is 19.7 Å². The van der Waals surface area contributed by atoms with E-state index in [1.165, 1.54) is 0 Å². The number of rotatable bonds is 2. The molecule has 82 valence electrons. The summed E-state index contributed by atoms with van der Waals surface area (Å²) in [4.78, 5) is 12.9.